The van der Waals surface area contributed by atoms with Crippen molar-refractivity contribution in [1.82, 2.24) is 25.8 Å². The smallest absolute Gasteiger partial charge is 0.445 e. The summed E-state index contributed by atoms with van der Waals surface area (Å²) in [5.41, 5.74) is -1.18. The molecule has 3 N–H and O–H groups in total. The van der Waals surface area contributed by atoms with Crippen molar-refractivity contribution in [3.05, 3.63) is 12.4 Å². The normalized spacial score (nSPS) is 33.9. The summed E-state index contributed by atoms with van der Waals surface area (Å²) < 4.78 is 13.9. The van der Waals surface area contributed by atoms with Crippen LogP contribution in [0.2, 0.25) is 0 Å². The van der Waals surface area contributed by atoms with Crippen LogP contribution in [0, 0.1) is 0 Å². The number of likely N-dealkylation sites (tertiary alicyclic amines) is 1. The van der Waals surface area contributed by atoms with Crippen molar-refractivity contribution in [2.45, 2.75) is 46.6 Å². The lowest BCUT2D eigenvalue weighted by molar-refractivity contribution is -0.138. The number of aliphatic imine (C=N–C) groups is 1. The summed E-state index contributed by atoms with van der Waals surface area (Å²) in [4.78, 5) is 56.3. The topological polar surface area (TPSA) is 151 Å². The number of ether oxygens (including phenoxy) is 3. The van der Waals surface area contributed by atoms with Crippen LogP contribution in [-0.2, 0) is 23.8 Å². The van der Waals surface area contributed by atoms with E-state index in [-0.39, 0.29) is 43.7 Å². The average molecular weight is 538 g/mol. The van der Waals surface area contributed by atoms with Crippen molar-refractivity contribution in [2.75, 3.05) is 19.7 Å². The van der Waals surface area contributed by atoms with E-state index in [0.29, 0.717) is 5.82 Å². The van der Waals surface area contributed by atoms with E-state index in [0.717, 1.165) is 4.90 Å². The Bertz CT molecular complexity index is 1000. The summed E-state index contributed by atoms with van der Waals surface area (Å²) >= 11 is 16.9. The lowest BCUT2D eigenvalue weighted by atomic mass is 9.88. The van der Waals surface area contributed by atoms with E-state index in [9.17, 15) is 19.2 Å². The molecule has 0 aromatic carbocycles. The van der Waals surface area contributed by atoms with Crippen molar-refractivity contribution >= 4 is 64.8 Å². The van der Waals surface area contributed by atoms with E-state index in [1.807, 2.05) is 0 Å². The molecule has 0 aromatic heterocycles. The van der Waals surface area contributed by atoms with Gasteiger partial charge in [-0.2, -0.15) is 0 Å². The molecule has 5 rings (SSSR count). The standard InChI is InChI=1S/C18H19Cl3N6O7/c1-7-22-12-8(4-26-10(28)2-3-11(26)29)23-14(24-15(30)32-6-17(19,20)21)27-5-9-13(18(12,27)25-7)34-16(31)33-9/h8-9,12-13,22,25H,1-6H2,(H,23,24,30)/t8-,9-,12-,13-,18-/m0/s1. The van der Waals surface area contributed by atoms with Crippen molar-refractivity contribution in [3.63, 3.8) is 0 Å². The Labute approximate surface area is 207 Å². The van der Waals surface area contributed by atoms with Crippen LogP contribution in [0.3, 0.4) is 0 Å². The Morgan fingerprint density at radius 1 is 1.26 bits per heavy atom. The summed E-state index contributed by atoms with van der Waals surface area (Å²) in [7, 11) is 0. The minimum Gasteiger partial charge on any atom is -0.445 e. The number of rotatable bonds is 3. The molecule has 184 valence electrons. The van der Waals surface area contributed by atoms with Crippen LogP contribution in [0.5, 0.6) is 0 Å². The van der Waals surface area contributed by atoms with Gasteiger partial charge in [-0.25, -0.2) is 14.6 Å². The summed E-state index contributed by atoms with van der Waals surface area (Å²) in [6.45, 7) is 3.45. The molecule has 4 saturated heterocycles. The number of carbonyl (C=O) groups excluding carboxylic acids is 4. The molecular weight excluding hydrogens is 519 g/mol. The van der Waals surface area contributed by atoms with Crippen LogP contribution in [0.1, 0.15) is 12.8 Å². The van der Waals surface area contributed by atoms with Crippen molar-refractivity contribution in [3.8, 4) is 0 Å². The lowest BCUT2D eigenvalue weighted by Crippen LogP contribution is -2.73. The number of fused-ring (bicyclic) bond motifs is 1. The molecule has 1 spiro atoms. The predicted molar refractivity (Wildman–Crippen MR) is 116 cm³/mol. The Balaban J connectivity index is 1.49. The van der Waals surface area contributed by atoms with E-state index in [1.165, 1.54) is 0 Å². The molecule has 3 amide bonds. The third kappa shape index (κ3) is 3.75. The van der Waals surface area contributed by atoms with Crippen LogP contribution in [0.15, 0.2) is 17.4 Å². The van der Waals surface area contributed by atoms with Crippen LogP contribution in [-0.4, -0.2) is 93.3 Å². The Kier molecular flexibility index (Phi) is 5.41. The van der Waals surface area contributed by atoms with Crippen LogP contribution in [0.4, 0.5) is 9.59 Å². The van der Waals surface area contributed by atoms with E-state index in [2.05, 4.69) is 27.5 Å². The maximum Gasteiger partial charge on any atom is 0.509 e. The summed E-state index contributed by atoms with van der Waals surface area (Å²) in [5, 5.41) is 8.89. The molecule has 0 aliphatic carbocycles. The largest absolute Gasteiger partial charge is 0.509 e. The number of hydrogen-bond donors (Lipinski definition) is 3. The number of halogens is 3. The zero-order valence-electron chi connectivity index (χ0n) is 17.4. The Morgan fingerprint density at radius 3 is 2.65 bits per heavy atom. The number of imide groups is 1. The van der Waals surface area contributed by atoms with Gasteiger partial charge in [-0.3, -0.25) is 19.8 Å². The molecule has 0 radical (unpaired) electrons. The molecule has 0 bridgehead atoms. The minimum atomic E-state index is -1.82. The highest BCUT2D eigenvalue weighted by Gasteiger charge is 2.71. The molecule has 34 heavy (non-hydrogen) atoms. The van der Waals surface area contributed by atoms with E-state index >= 15 is 0 Å². The van der Waals surface area contributed by atoms with Crippen molar-refractivity contribution < 1.29 is 33.4 Å². The summed E-state index contributed by atoms with van der Waals surface area (Å²) in [5.74, 6) is -0.207. The van der Waals surface area contributed by atoms with Crippen molar-refractivity contribution in [2.24, 2.45) is 4.99 Å². The van der Waals surface area contributed by atoms with E-state index in [4.69, 9.17) is 49.0 Å². The first-order valence-electron chi connectivity index (χ1n) is 10.3. The molecule has 5 aliphatic rings. The van der Waals surface area contributed by atoms with Gasteiger partial charge in [-0.1, -0.05) is 41.4 Å². The number of carbonyl (C=O) groups is 4. The molecule has 5 heterocycles. The van der Waals surface area contributed by atoms with Gasteiger partial charge in [0.1, 0.15) is 6.61 Å². The molecule has 13 nitrogen and oxygen atoms in total. The number of nitrogens with zero attached hydrogens (tertiary/aromatic N) is 3. The summed E-state index contributed by atoms with van der Waals surface area (Å²) in [6, 6.07) is -1.36. The van der Waals surface area contributed by atoms with E-state index in [1.54, 1.807) is 4.90 Å². The quantitative estimate of drug-likeness (QED) is 0.253. The molecular formula is C18H19Cl3N6O7. The molecule has 0 unspecified atom stereocenters. The fraction of sp³-hybridized carbons (Fsp3) is 0.611. The predicted octanol–water partition coefficient (Wildman–Crippen LogP) is -0.0815. The highest BCUT2D eigenvalue weighted by molar-refractivity contribution is 6.67. The van der Waals surface area contributed by atoms with Gasteiger partial charge in [-0.05, 0) is 0 Å². The second kappa shape index (κ2) is 7.95. The first kappa shape index (κ1) is 23.1. The third-order valence-electron chi connectivity index (χ3n) is 6.24. The van der Waals surface area contributed by atoms with Crippen LogP contribution < -0.4 is 16.0 Å². The highest BCUT2D eigenvalue weighted by Crippen LogP contribution is 2.44. The number of alkyl halides is 3. The number of guanidine groups is 1. The summed E-state index contributed by atoms with van der Waals surface area (Å²) in [6.07, 6.45) is -3.06. The van der Waals surface area contributed by atoms with Crippen LogP contribution >= 0.6 is 34.8 Å². The zero-order chi connectivity index (χ0) is 24.4. The first-order chi connectivity index (χ1) is 16.0. The molecule has 4 fully saturated rings. The fourth-order valence-corrected chi connectivity index (χ4v) is 5.17. The monoisotopic (exact) mass is 536 g/mol. The molecule has 16 heteroatoms. The SMILES string of the molecule is C=C1N[C@H]2[C@H](CN3C(=O)CCC3=O)N=C(NC(=O)OCC(Cl)(Cl)Cl)N3C[C@@H]4OC(=O)O[C@@H]4[C@]23N1. The average Bonchev–Trinajstić information content (AvgIpc) is 3.45. The van der Waals surface area contributed by atoms with Gasteiger partial charge in [0, 0.05) is 12.8 Å². The maximum absolute atomic E-state index is 12.4. The molecule has 0 saturated carbocycles. The number of hydrogen-bond acceptors (Lipinski definition) is 11. The third-order valence-corrected chi connectivity index (χ3v) is 6.57. The number of amides is 3. The number of alkyl carbamates (subject to hydrolysis) is 1. The molecule has 5 atom stereocenters. The van der Waals surface area contributed by atoms with Gasteiger partial charge in [0.25, 0.3) is 0 Å². The number of nitrogens with one attached hydrogen (secondary N) is 3. The van der Waals surface area contributed by atoms with Gasteiger partial charge in [0.2, 0.25) is 21.6 Å². The maximum atomic E-state index is 12.4. The van der Waals surface area contributed by atoms with Gasteiger partial charge in [0.15, 0.2) is 17.9 Å². The second-order valence-electron chi connectivity index (χ2n) is 8.34. The van der Waals surface area contributed by atoms with Crippen molar-refractivity contribution in [1.29, 1.82) is 0 Å². The van der Waals surface area contributed by atoms with Gasteiger partial charge in [0.05, 0.1) is 31.0 Å². The molecule has 0 aromatic rings. The Morgan fingerprint density at radius 2 is 1.97 bits per heavy atom. The van der Waals surface area contributed by atoms with Gasteiger partial charge in [-0.15, -0.1) is 0 Å². The van der Waals surface area contributed by atoms with Crippen LogP contribution in [0.25, 0.3) is 0 Å². The Hall–Kier alpha value is -2.64. The minimum absolute atomic E-state index is 0.0349. The van der Waals surface area contributed by atoms with Gasteiger partial charge < -0.3 is 29.7 Å². The lowest BCUT2D eigenvalue weighted by Gasteiger charge is -2.47. The molecule has 5 aliphatic heterocycles. The second-order valence-corrected chi connectivity index (χ2v) is 10.9. The van der Waals surface area contributed by atoms with Gasteiger partial charge >= 0.3 is 12.2 Å². The first-order valence-corrected chi connectivity index (χ1v) is 11.4. The highest BCUT2D eigenvalue weighted by atomic mass is 35.6. The van der Waals surface area contributed by atoms with E-state index < -0.39 is 52.6 Å². The fourth-order valence-electron chi connectivity index (χ4n) is 5.01. The zero-order valence-corrected chi connectivity index (χ0v) is 19.7.